The molecule has 4 rings (SSSR count). The molecule has 2 saturated heterocycles. The predicted molar refractivity (Wildman–Crippen MR) is 112 cm³/mol. The second-order valence-electron chi connectivity index (χ2n) is 8.44. The molecule has 0 radical (unpaired) electrons. The molecule has 0 saturated carbocycles. The van der Waals surface area contributed by atoms with Gasteiger partial charge in [0.2, 0.25) is 0 Å². The molecule has 2 aromatic carbocycles. The number of hydrogen-bond acceptors (Lipinski definition) is 3. The molecular formula is C24H29F3N2O. The number of rotatable bonds is 5. The van der Waals surface area contributed by atoms with Crippen molar-refractivity contribution in [1.29, 1.82) is 0 Å². The predicted octanol–water partition coefficient (Wildman–Crippen LogP) is 4.53. The van der Waals surface area contributed by atoms with E-state index in [2.05, 4.69) is 41.3 Å². The maximum atomic E-state index is 12.7. The lowest BCUT2D eigenvalue weighted by atomic mass is 9.74. The monoisotopic (exact) mass is 418 g/mol. The summed E-state index contributed by atoms with van der Waals surface area (Å²) in [7, 11) is 0. The van der Waals surface area contributed by atoms with Crippen LogP contribution in [0.25, 0.3) is 11.1 Å². The molecule has 0 spiro atoms. The highest BCUT2D eigenvalue weighted by Gasteiger charge is 2.49. The molecule has 3 atom stereocenters. The van der Waals surface area contributed by atoms with Gasteiger partial charge in [0, 0.05) is 31.1 Å². The molecule has 0 unspecified atom stereocenters. The van der Waals surface area contributed by atoms with Gasteiger partial charge in [-0.25, -0.2) is 0 Å². The van der Waals surface area contributed by atoms with Crippen LogP contribution in [0, 0.1) is 0 Å². The summed E-state index contributed by atoms with van der Waals surface area (Å²) in [4.78, 5) is 4.26. The zero-order valence-electron chi connectivity index (χ0n) is 17.1. The number of aliphatic hydroxyl groups excluding tert-OH is 1. The van der Waals surface area contributed by atoms with Crippen LogP contribution in [0.4, 0.5) is 13.2 Å². The summed E-state index contributed by atoms with van der Waals surface area (Å²) in [5.74, 6) is 0.145. The fourth-order valence-electron chi connectivity index (χ4n) is 5.03. The Bertz CT molecular complexity index is 809. The molecular weight excluding hydrogens is 389 g/mol. The molecule has 2 aliphatic heterocycles. The van der Waals surface area contributed by atoms with Gasteiger partial charge in [0.05, 0.1) is 13.0 Å². The van der Waals surface area contributed by atoms with E-state index in [9.17, 15) is 18.3 Å². The first-order chi connectivity index (χ1) is 14.5. The van der Waals surface area contributed by atoms with Gasteiger partial charge in [-0.3, -0.25) is 4.90 Å². The molecule has 2 fully saturated rings. The van der Waals surface area contributed by atoms with Gasteiger partial charge in [-0.1, -0.05) is 54.6 Å². The molecule has 30 heavy (non-hydrogen) atoms. The van der Waals surface area contributed by atoms with Crippen LogP contribution in [0.1, 0.15) is 30.7 Å². The van der Waals surface area contributed by atoms with E-state index in [4.69, 9.17) is 0 Å². The minimum Gasteiger partial charge on any atom is -0.395 e. The Kier molecular flexibility index (Phi) is 6.46. The van der Waals surface area contributed by atoms with E-state index >= 15 is 0 Å². The third-order valence-electron chi connectivity index (χ3n) is 6.57. The molecule has 0 aliphatic carbocycles. The molecule has 2 aliphatic rings. The number of nitrogens with zero attached hydrogens (tertiary/aromatic N) is 2. The van der Waals surface area contributed by atoms with E-state index in [0.717, 1.165) is 36.1 Å². The Balaban J connectivity index is 1.51. The highest BCUT2D eigenvalue weighted by atomic mass is 19.4. The van der Waals surface area contributed by atoms with Crippen molar-refractivity contribution in [3.63, 3.8) is 0 Å². The highest BCUT2D eigenvalue weighted by molar-refractivity contribution is 5.63. The number of hydrogen-bond donors (Lipinski definition) is 1. The third-order valence-corrected chi connectivity index (χ3v) is 6.57. The van der Waals surface area contributed by atoms with Crippen molar-refractivity contribution in [3.8, 4) is 11.1 Å². The van der Waals surface area contributed by atoms with Gasteiger partial charge in [-0.15, -0.1) is 0 Å². The van der Waals surface area contributed by atoms with E-state index in [1.54, 1.807) is 0 Å². The van der Waals surface area contributed by atoms with Crippen molar-refractivity contribution < 1.29 is 18.3 Å². The molecule has 2 aromatic rings. The van der Waals surface area contributed by atoms with Crippen LogP contribution in [0.3, 0.4) is 0 Å². The van der Waals surface area contributed by atoms with Crippen LogP contribution in [0.5, 0.6) is 0 Å². The van der Waals surface area contributed by atoms with E-state index < -0.39 is 12.6 Å². The van der Waals surface area contributed by atoms with E-state index in [1.807, 2.05) is 23.1 Å². The number of halogens is 3. The molecule has 3 nitrogen and oxygen atoms in total. The minimum absolute atomic E-state index is 0.0418. The fraction of sp³-hybridized carbons (Fsp3) is 0.500. The first kappa shape index (κ1) is 21.3. The van der Waals surface area contributed by atoms with Crippen LogP contribution >= 0.6 is 0 Å². The number of fused-ring (bicyclic) bond motifs is 1. The largest absolute Gasteiger partial charge is 0.395 e. The molecule has 0 amide bonds. The smallest absolute Gasteiger partial charge is 0.390 e. The second-order valence-corrected chi connectivity index (χ2v) is 8.44. The van der Waals surface area contributed by atoms with Crippen molar-refractivity contribution in [3.05, 3.63) is 60.2 Å². The number of benzene rings is 2. The molecule has 6 heteroatoms. The maximum absolute atomic E-state index is 12.7. The summed E-state index contributed by atoms with van der Waals surface area (Å²) < 4.78 is 38.2. The van der Waals surface area contributed by atoms with Gasteiger partial charge in [0.25, 0.3) is 0 Å². The van der Waals surface area contributed by atoms with E-state index in [0.29, 0.717) is 13.1 Å². The summed E-state index contributed by atoms with van der Waals surface area (Å²) in [6, 6.07) is 18.8. The minimum atomic E-state index is -4.12. The van der Waals surface area contributed by atoms with E-state index in [1.165, 1.54) is 0 Å². The Labute approximate surface area is 176 Å². The van der Waals surface area contributed by atoms with Gasteiger partial charge < -0.3 is 10.0 Å². The number of aliphatic hydroxyl groups is 1. The lowest BCUT2D eigenvalue weighted by molar-refractivity contribution is -0.140. The van der Waals surface area contributed by atoms with Crippen molar-refractivity contribution in [1.82, 2.24) is 9.80 Å². The summed E-state index contributed by atoms with van der Waals surface area (Å²) >= 11 is 0. The fourth-order valence-corrected chi connectivity index (χ4v) is 5.03. The number of alkyl halides is 3. The van der Waals surface area contributed by atoms with Crippen molar-refractivity contribution in [2.24, 2.45) is 0 Å². The van der Waals surface area contributed by atoms with Crippen LogP contribution in [0.2, 0.25) is 0 Å². The lowest BCUT2D eigenvalue weighted by Crippen LogP contribution is -2.67. The standard InChI is InChI=1S/C24H29F3N2O/c25-24(26,27)12-15-28-13-4-5-14-29-21(16-28)23(22(29)17-30)20-10-8-19(9-11-20)18-6-2-1-3-7-18/h1-3,6-11,21-23,30H,4-5,12-17H2/t21-,22+,23+/m1/s1. The molecule has 1 N–H and O–H groups in total. The van der Waals surface area contributed by atoms with Gasteiger partial charge in [-0.05, 0) is 42.6 Å². The van der Waals surface area contributed by atoms with Gasteiger partial charge in [0.15, 0.2) is 0 Å². The average Bonchev–Trinajstić information content (AvgIpc) is 2.72. The van der Waals surface area contributed by atoms with Gasteiger partial charge in [0.1, 0.15) is 0 Å². The van der Waals surface area contributed by atoms with Crippen LogP contribution in [0.15, 0.2) is 54.6 Å². The SMILES string of the molecule is OC[C@H]1[C@@H](c2ccc(-c3ccccc3)cc2)[C@H]2CN(CCC(F)(F)F)CCCCN21. The molecule has 2 heterocycles. The normalized spacial score (nSPS) is 25.8. The van der Waals surface area contributed by atoms with Crippen molar-refractivity contribution in [2.45, 2.75) is 43.4 Å². The molecule has 162 valence electrons. The topological polar surface area (TPSA) is 26.7 Å². The first-order valence-electron chi connectivity index (χ1n) is 10.8. The zero-order chi connectivity index (χ0) is 21.1. The Morgan fingerprint density at radius 2 is 1.57 bits per heavy atom. The summed E-state index contributed by atoms with van der Waals surface area (Å²) in [6.07, 6.45) is -3.04. The van der Waals surface area contributed by atoms with Crippen LogP contribution in [-0.4, -0.2) is 66.0 Å². The van der Waals surface area contributed by atoms with Crippen LogP contribution < -0.4 is 0 Å². The Morgan fingerprint density at radius 1 is 0.900 bits per heavy atom. The Hall–Kier alpha value is -1.89. The summed E-state index contributed by atoms with van der Waals surface area (Å²) in [6.45, 7) is 2.37. The van der Waals surface area contributed by atoms with Gasteiger partial charge in [-0.2, -0.15) is 13.2 Å². The quantitative estimate of drug-likeness (QED) is 0.773. The average molecular weight is 419 g/mol. The van der Waals surface area contributed by atoms with Crippen LogP contribution in [-0.2, 0) is 0 Å². The van der Waals surface area contributed by atoms with Gasteiger partial charge >= 0.3 is 6.18 Å². The maximum Gasteiger partial charge on any atom is 0.390 e. The summed E-state index contributed by atoms with van der Waals surface area (Å²) in [5.41, 5.74) is 3.45. The summed E-state index contributed by atoms with van der Waals surface area (Å²) in [5, 5.41) is 10.0. The zero-order valence-corrected chi connectivity index (χ0v) is 17.1. The second kappa shape index (κ2) is 9.08. The van der Waals surface area contributed by atoms with Crippen molar-refractivity contribution in [2.75, 3.05) is 32.8 Å². The van der Waals surface area contributed by atoms with Crippen molar-refractivity contribution >= 4 is 0 Å². The first-order valence-corrected chi connectivity index (χ1v) is 10.8. The molecule has 0 aromatic heterocycles. The highest BCUT2D eigenvalue weighted by Crippen LogP contribution is 2.42. The molecule has 0 bridgehead atoms. The Morgan fingerprint density at radius 3 is 2.23 bits per heavy atom. The lowest BCUT2D eigenvalue weighted by Gasteiger charge is -2.57. The van der Waals surface area contributed by atoms with E-state index in [-0.39, 0.29) is 31.2 Å². The third kappa shape index (κ3) is 4.71.